The molecule has 0 saturated heterocycles. The van der Waals surface area contributed by atoms with Crippen LogP contribution in [0.3, 0.4) is 0 Å². The van der Waals surface area contributed by atoms with Crippen LogP contribution in [0.4, 0.5) is 5.69 Å². The summed E-state index contributed by atoms with van der Waals surface area (Å²) in [5.74, 6) is -1.55. The minimum Gasteiger partial charge on any atom is -0.392 e. The SMILES string of the molecule is Cc1ccc(NC(=O)C(=O)NCC(N)=S)c(Br)c1. The summed E-state index contributed by atoms with van der Waals surface area (Å²) in [5, 5.41) is 4.78. The smallest absolute Gasteiger partial charge is 0.313 e. The molecule has 0 aliphatic rings. The third-order valence-corrected chi connectivity index (χ3v) is 2.80. The summed E-state index contributed by atoms with van der Waals surface area (Å²) in [4.78, 5) is 23.0. The predicted molar refractivity (Wildman–Crippen MR) is 77.3 cm³/mol. The first kappa shape index (κ1) is 14.6. The molecule has 1 aromatic carbocycles. The molecular formula is C11H12BrN3O2S. The van der Waals surface area contributed by atoms with Gasteiger partial charge in [0.2, 0.25) is 0 Å². The van der Waals surface area contributed by atoms with E-state index in [1.807, 2.05) is 19.1 Å². The summed E-state index contributed by atoms with van der Waals surface area (Å²) in [7, 11) is 0. The van der Waals surface area contributed by atoms with Crippen molar-refractivity contribution >= 4 is 50.6 Å². The molecule has 0 spiro atoms. The highest BCUT2D eigenvalue weighted by Crippen LogP contribution is 2.23. The third kappa shape index (κ3) is 4.42. The van der Waals surface area contributed by atoms with E-state index in [0.717, 1.165) is 5.56 Å². The number of nitrogens with one attached hydrogen (secondary N) is 2. The molecule has 2 amide bonds. The van der Waals surface area contributed by atoms with E-state index in [1.165, 1.54) is 0 Å². The van der Waals surface area contributed by atoms with E-state index in [0.29, 0.717) is 10.2 Å². The number of carbonyl (C=O) groups is 2. The highest BCUT2D eigenvalue weighted by molar-refractivity contribution is 9.10. The molecule has 0 atom stereocenters. The van der Waals surface area contributed by atoms with Gasteiger partial charge in [0.15, 0.2) is 0 Å². The lowest BCUT2D eigenvalue weighted by Crippen LogP contribution is -2.39. The summed E-state index contributed by atoms with van der Waals surface area (Å²) < 4.78 is 0.706. The number of hydrogen-bond acceptors (Lipinski definition) is 3. The van der Waals surface area contributed by atoms with Crippen molar-refractivity contribution in [3.05, 3.63) is 28.2 Å². The van der Waals surface area contributed by atoms with Crippen LogP contribution in [0.15, 0.2) is 22.7 Å². The van der Waals surface area contributed by atoms with Gasteiger partial charge in [-0.15, -0.1) is 0 Å². The second-order valence-corrected chi connectivity index (χ2v) is 4.97. The van der Waals surface area contributed by atoms with E-state index >= 15 is 0 Å². The highest BCUT2D eigenvalue weighted by atomic mass is 79.9. The normalized spacial score (nSPS) is 9.67. The van der Waals surface area contributed by atoms with Crippen LogP contribution in [0.5, 0.6) is 0 Å². The average molecular weight is 330 g/mol. The number of carbonyl (C=O) groups excluding carboxylic acids is 2. The fourth-order valence-corrected chi connectivity index (χ4v) is 1.81. The minimum atomic E-state index is -0.782. The Morgan fingerprint density at radius 1 is 1.39 bits per heavy atom. The van der Waals surface area contributed by atoms with Crippen molar-refractivity contribution in [1.29, 1.82) is 0 Å². The van der Waals surface area contributed by atoms with E-state index in [1.54, 1.807) is 6.07 Å². The lowest BCUT2D eigenvalue weighted by Gasteiger charge is -2.08. The van der Waals surface area contributed by atoms with Crippen LogP contribution < -0.4 is 16.4 Å². The van der Waals surface area contributed by atoms with Gasteiger partial charge in [-0.25, -0.2) is 0 Å². The zero-order valence-electron chi connectivity index (χ0n) is 9.62. The van der Waals surface area contributed by atoms with Gasteiger partial charge in [-0.2, -0.15) is 0 Å². The minimum absolute atomic E-state index is 0.00332. The molecule has 0 aliphatic carbocycles. The second kappa shape index (κ2) is 6.46. The maximum absolute atomic E-state index is 11.5. The van der Waals surface area contributed by atoms with E-state index < -0.39 is 11.8 Å². The number of aryl methyl sites for hydroxylation is 1. The summed E-state index contributed by atoms with van der Waals surface area (Å²) in [5.41, 5.74) is 6.78. The maximum atomic E-state index is 11.5. The number of anilines is 1. The monoisotopic (exact) mass is 329 g/mol. The first-order chi connectivity index (χ1) is 8.40. The Kier molecular flexibility index (Phi) is 5.24. The summed E-state index contributed by atoms with van der Waals surface area (Å²) in [6.45, 7) is 1.92. The number of benzene rings is 1. The number of hydrogen-bond donors (Lipinski definition) is 3. The first-order valence-corrected chi connectivity index (χ1v) is 6.24. The largest absolute Gasteiger partial charge is 0.392 e. The van der Waals surface area contributed by atoms with Crippen LogP contribution in [0.25, 0.3) is 0 Å². The van der Waals surface area contributed by atoms with E-state index in [2.05, 4.69) is 38.8 Å². The van der Waals surface area contributed by atoms with Crippen molar-refractivity contribution < 1.29 is 9.59 Å². The molecule has 0 unspecified atom stereocenters. The summed E-state index contributed by atoms with van der Waals surface area (Å²) in [6, 6.07) is 5.37. The maximum Gasteiger partial charge on any atom is 0.313 e. The summed E-state index contributed by atoms with van der Waals surface area (Å²) >= 11 is 7.89. The molecule has 0 aromatic heterocycles. The van der Waals surface area contributed by atoms with Crippen molar-refractivity contribution in [3.8, 4) is 0 Å². The van der Waals surface area contributed by atoms with E-state index in [4.69, 9.17) is 5.73 Å². The Hall–Kier alpha value is -1.47. The molecule has 4 N–H and O–H groups in total. The summed E-state index contributed by atoms with van der Waals surface area (Å²) in [6.07, 6.45) is 0. The van der Waals surface area contributed by atoms with Crippen molar-refractivity contribution in [2.24, 2.45) is 5.73 Å². The van der Waals surface area contributed by atoms with Gasteiger partial charge in [0.05, 0.1) is 17.2 Å². The van der Waals surface area contributed by atoms with Crippen LogP contribution in [-0.2, 0) is 9.59 Å². The Morgan fingerprint density at radius 3 is 2.61 bits per heavy atom. The molecule has 0 radical (unpaired) electrons. The molecule has 1 rings (SSSR count). The van der Waals surface area contributed by atoms with Gasteiger partial charge in [0.25, 0.3) is 0 Å². The van der Waals surface area contributed by atoms with Gasteiger partial charge >= 0.3 is 11.8 Å². The van der Waals surface area contributed by atoms with Gasteiger partial charge < -0.3 is 16.4 Å². The molecule has 18 heavy (non-hydrogen) atoms. The molecule has 5 nitrogen and oxygen atoms in total. The van der Waals surface area contributed by atoms with Crippen molar-refractivity contribution in [3.63, 3.8) is 0 Å². The first-order valence-electron chi connectivity index (χ1n) is 5.04. The molecule has 96 valence electrons. The van der Waals surface area contributed by atoms with Crippen LogP contribution in [0.1, 0.15) is 5.56 Å². The van der Waals surface area contributed by atoms with Crippen molar-refractivity contribution in [2.75, 3.05) is 11.9 Å². The lowest BCUT2D eigenvalue weighted by molar-refractivity contribution is -0.135. The fourth-order valence-electron chi connectivity index (χ4n) is 1.15. The molecule has 7 heteroatoms. The number of rotatable bonds is 3. The van der Waals surface area contributed by atoms with E-state index in [9.17, 15) is 9.59 Å². The highest BCUT2D eigenvalue weighted by Gasteiger charge is 2.14. The van der Waals surface area contributed by atoms with Crippen molar-refractivity contribution in [1.82, 2.24) is 5.32 Å². The molecular weight excluding hydrogens is 318 g/mol. The molecule has 0 heterocycles. The number of halogens is 1. The van der Waals surface area contributed by atoms with Crippen LogP contribution >= 0.6 is 28.1 Å². The molecule has 0 aliphatic heterocycles. The van der Waals surface area contributed by atoms with Gasteiger partial charge in [-0.3, -0.25) is 9.59 Å². The Labute approximate surface area is 118 Å². The Balaban J connectivity index is 2.64. The van der Waals surface area contributed by atoms with Crippen LogP contribution in [-0.4, -0.2) is 23.3 Å². The van der Waals surface area contributed by atoms with Gasteiger partial charge in [0, 0.05) is 4.47 Å². The topological polar surface area (TPSA) is 84.2 Å². The Bertz CT molecular complexity index is 505. The van der Waals surface area contributed by atoms with Gasteiger partial charge in [-0.05, 0) is 40.5 Å². The third-order valence-electron chi connectivity index (χ3n) is 2.00. The van der Waals surface area contributed by atoms with E-state index in [-0.39, 0.29) is 11.5 Å². The Morgan fingerprint density at radius 2 is 2.06 bits per heavy atom. The lowest BCUT2D eigenvalue weighted by atomic mass is 10.2. The van der Waals surface area contributed by atoms with Crippen molar-refractivity contribution in [2.45, 2.75) is 6.92 Å². The number of amides is 2. The van der Waals surface area contributed by atoms with Gasteiger partial charge in [-0.1, -0.05) is 18.3 Å². The standard InChI is InChI=1S/C11H12BrN3O2S/c1-6-2-3-8(7(12)4-6)15-11(17)10(16)14-5-9(13)18/h2-4H,5H2,1H3,(H2,13,18)(H,14,16)(H,15,17). The average Bonchev–Trinajstić information content (AvgIpc) is 2.29. The number of nitrogens with two attached hydrogens (primary N) is 1. The molecule has 0 fully saturated rings. The molecule has 0 bridgehead atoms. The fraction of sp³-hybridized carbons (Fsp3) is 0.182. The quantitative estimate of drug-likeness (QED) is 0.572. The van der Waals surface area contributed by atoms with Gasteiger partial charge in [0.1, 0.15) is 0 Å². The van der Waals surface area contributed by atoms with Crippen LogP contribution in [0, 0.1) is 6.92 Å². The number of thiocarbonyl (C=S) groups is 1. The second-order valence-electron chi connectivity index (χ2n) is 3.59. The van der Waals surface area contributed by atoms with Crippen LogP contribution in [0.2, 0.25) is 0 Å². The zero-order valence-corrected chi connectivity index (χ0v) is 12.0. The predicted octanol–water partition coefficient (Wildman–Crippen LogP) is 1.10. The molecule has 1 aromatic rings. The molecule has 0 saturated carbocycles. The zero-order chi connectivity index (χ0) is 13.7.